The van der Waals surface area contributed by atoms with Crippen LogP contribution in [0.25, 0.3) is 0 Å². The van der Waals surface area contributed by atoms with Crippen LogP contribution in [0.3, 0.4) is 0 Å². The molecule has 0 aliphatic carbocycles. The fraction of sp³-hybridized carbons (Fsp3) is 0.467. The van der Waals surface area contributed by atoms with Crippen molar-refractivity contribution in [1.29, 1.82) is 0 Å². The molecule has 0 bridgehead atoms. The lowest BCUT2D eigenvalue weighted by Gasteiger charge is -2.15. The third-order valence-electron chi connectivity index (χ3n) is 3.17. The summed E-state index contributed by atoms with van der Waals surface area (Å²) in [5, 5.41) is 11.4. The number of amides is 1. The molecule has 6 nitrogen and oxygen atoms in total. The molecule has 0 aliphatic rings. The van der Waals surface area contributed by atoms with Crippen LogP contribution in [-0.2, 0) is 11.3 Å². The average Bonchev–Trinajstić information content (AvgIpc) is 2.92. The van der Waals surface area contributed by atoms with E-state index in [2.05, 4.69) is 16.8 Å². The molecule has 0 saturated heterocycles. The van der Waals surface area contributed by atoms with E-state index in [1.54, 1.807) is 12.1 Å². The van der Waals surface area contributed by atoms with Gasteiger partial charge in [-0.25, -0.2) is 4.79 Å². The quantitative estimate of drug-likeness (QED) is 0.679. The first-order valence-electron chi connectivity index (χ1n) is 6.97. The van der Waals surface area contributed by atoms with Crippen LogP contribution in [0.4, 0.5) is 0 Å². The summed E-state index contributed by atoms with van der Waals surface area (Å²) >= 11 is 0. The number of aliphatic carboxylic acids is 1. The zero-order valence-electron chi connectivity index (χ0n) is 12.5. The molecule has 116 valence electrons. The van der Waals surface area contributed by atoms with Crippen LogP contribution >= 0.6 is 0 Å². The molecule has 1 heterocycles. The number of carboxylic acid groups (broad SMARTS) is 1. The highest BCUT2D eigenvalue weighted by atomic mass is 16.4. The number of nitrogens with zero attached hydrogens (tertiary/aromatic N) is 1. The van der Waals surface area contributed by atoms with Crippen molar-refractivity contribution >= 4 is 11.9 Å². The van der Waals surface area contributed by atoms with Crippen molar-refractivity contribution in [2.75, 3.05) is 13.1 Å². The van der Waals surface area contributed by atoms with Gasteiger partial charge in [0.05, 0.1) is 6.54 Å². The van der Waals surface area contributed by atoms with Gasteiger partial charge in [0, 0.05) is 0 Å². The summed E-state index contributed by atoms with van der Waals surface area (Å²) in [7, 11) is 0. The molecule has 0 spiro atoms. The van der Waals surface area contributed by atoms with E-state index >= 15 is 0 Å². The molecule has 2 N–H and O–H groups in total. The van der Waals surface area contributed by atoms with E-state index in [-0.39, 0.29) is 12.2 Å². The molecule has 6 heteroatoms. The van der Waals surface area contributed by atoms with E-state index < -0.39 is 17.9 Å². The van der Waals surface area contributed by atoms with E-state index in [0.717, 1.165) is 13.1 Å². The maximum atomic E-state index is 12.0. The Morgan fingerprint density at radius 2 is 2.10 bits per heavy atom. The highest BCUT2D eigenvalue weighted by Crippen LogP contribution is 2.11. The molecule has 0 saturated carbocycles. The Labute approximate surface area is 124 Å². The largest absolute Gasteiger partial charge is 0.480 e. The van der Waals surface area contributed by atoms with Crippen LogP contribution in [0.1, 0.15) is 36.6 Å². The summed E-state index contributed by atoms with van der Waals surface area (Å²) < 4.78 is 5.47. The summed E-state index contributed by atoms with van der Waals surface area (Å²) in [6.07, 6.45) is 1.61. The number of carbonyl (C=O) groups excluding carboxylic acids is 1. The number of nitrogens with one attached hydrogen (secondary N) is 1. The van der Waals surface area contributed by atoms with Crippen LogP contribution in [0.15, 0.2) is 29.2 Å². The van der Waals surface area contributed by atoms with Crippen molar-refractivity contribution in [3.8, 4) is 0 Å². The number of carbonyl (C=O) groups is 2. The van der Waals surface area contributed by atoms with Gasteiger partial charge in [-0.05, 0) is 31.6 Å². The third-order valence-corrected chi connectivity index (χ3v) is 3.17. The molecule has 0 aliphatic heterocycles. The minimum Gasteiger partial charge on any atom is -0.480 e. The maximum absolute atomic E-state index is 12.0. The van der Waals surface area contributed by atoms with Crippen LogP contribution < -0.4 is 5.32 Å². The van der Waals surface area contributed by atoms with Crippen LogP contribution in [-0.4, -0.2) is 41.0 Å². The van der Waals surface area contributed by atoms with Crippen molar-refractivity contribution < 1.29 is 19.1 Å². The fourth-order valence-corrected chi connectivity index (χ4v) is 1.87. The second kappa shape index (κ2) is 8.26. The predicted octanol–water partition coefficient (Wildman–Crippen LogP) is 1.88. The average molecular weight is 294 g/mol. The van der Waals surface area contributed by atoms with Gasteiger partial charge in [0.15, 0.2) is 5.76 Å². The Bertz CT molecular complexity index is 492. The first-order chi connectivity index (χ1) is 10.0. The van der Waals surface area contributed by atoms with Gasteiger partial charge in [0.1, 0.15) is 11.8 Å². The lowest BCUT2D eigenvalue weighted by atomic mass is 10.2. The molecule has 0 radical (unpaired) electrons. The fourth-order valence-electron chi connectivity index (χ4n) is 1.87. The molecule has 0 aromatic carbocycles. The highest BCUT2D eigenvalue weighted by molar-refractivity contribution is 5.94. The molecule has 1 unspecified atom stereocenters. The standard InChI is InChI=1S/C15H22N2O4/c1-4-7-12(15(19)20)16-14(18)13-9-8-11(21-13)10-17(5-2)6-3/h4,8-9,12H,1,5-7,10H2,2-3H3,(H,16,18)(H,19,20). The van der Waals surface area contributed by atoms with Gasteiger partial charge in [-0.15, -0.1) is 6.58 Å². The second-order valence-electron chi connectivity index (χ2n) is 4.62. The molecular weight excluding hydrogens is 272 g/mol. The summed E-state index contributed by atoms with van der Waals surface area (Å²) in [4.78, 5) is 25.1. The Hall–Kier alpha value is -2.08. The Kier molecular flexibility index (Phi) is 6.68. The summed E-state index contributed by atoms with van der Waals surface area (Å²) in [5.74, 6) is -0.833. The topological polar surface area (TPSA) is 82.8 Å². The van der Waals surface area contributed by atoms with Crippen molar-refractivity contribution in [1.82, 2.24) is 10.2 Å². The lowest BCUT2D eigenvalue weighted by molar-refractivity contribution is -0.139. The summed E-state index contributed by atoms with van der Waals surface area (Å²) in [6, 6.07) is 2.30. The first-order valence-corrected chi connectivity index (χ1v) is 6.97. The molecule has 1 aromatic rings. The van der Waals surface area contributed by atoms with Crippen molar-refractivity contribution in [3.63, 3.8) is 0 Å². The van der Waals surface area contributed by atoms with Crippen LogP contribution in [0, 0.1) is 0 Å². The maximum Gasteiger partial charge on any atom is 0.326 e. The molecule has 0 fully saturated rings. The number of furan rings is 1. The first kappa shape index (κ1) is 17.0. The van der Waals surface area contributed by atoms with Crippen molar-refractivity contribution in [2.45, 2.75) is 32.9 Å². The van der Waals surface area contributed by atoms with Gasteiger partial charge in [0.2, 0.25) is 0 Å². The second-order valence-corrected chi connectivity index (χ2v) is 4.62. The van der Waals surface area contributed by atoms with Gasteiger partial charge < -0.3 is 14.8 Å². The molecule has 1 atom stereocenters. The van der Waals surface area contributed by atoms with Gasteiger partial charge in [-0.3, -0.25) is 9.69 Å². The highest BCUT2D eigenvalue weighted by Gasteiger charge is 2.21. The molecular formula is C15H22N2O4. The molecule has 21 heavy (non-hydrogen) atoms. The SMILES string of the molecule is C=CCC(NC(=O)c1ccc(CN(CC)CC)o1)C(=O)O. The van der Waals surface area contributed by atoms with Crippen LogP contribution in [0.2, 0.25) is 0 Å². The summed E-state index contributed by atoms with van der Waals surface area (Å²) in [6.45, 7) is 9.97. The minimum absolute atomic E-state index is 0.118. The van der Waals surface area contributed by atoms with Gasteiger partial charge in [-0.1, -0.05) is 19.9 Å². The van der Waals surface area contributed by atoms with Gasteiger partial charge in [0.25, 0.3) is 5.91 Å². The van der Waals surface area contributed by atoms with E-state index in [0.29, 0.717) is 12.3 Å². The van der Waals surface area contributed by atoms with E-state index in [1.165, 1.54) is 6.08 Å². The number of carboxylic acids is 1. The smallest absolute Gasteiger partial charge is 0.326 e. The minimum atomic E-state index is -1.10. The molecule has 1 amide bonds. The lowest BCUT2D eigenvalue weighted by Crippen LogP contribution is -2.40. The Morgan fingerprint density at radius 1 is 1.43 bits per heavy atom. The molecule has 1 aromatic heterocycles. The van der Waals surface area contributed by atoms with E-state index in [9.17, 15) is 9.59 Å². The normalized spacial score (nSPS) is 12.1. The third kappa shape index (κ3) is 5.07. The van der Waals surface area contributed by atoms with Crippen molar-refractivity contribution in [3.05, 3.63) is 36.3 Å². The Morgan fingerprint density at radius 3 is 2.62 bits per heavy atom. The zero-order valence-corrected chi connectivity index (χ0v) is 12.5. The van der Waals surface area contributed by atoms with E-state index in [4.69, 9.17) is 9.52 Å². The number of hydrogen-bond donors (Lipinski definition) is 2. The van der Waals surface area contributed by atoms with E-state index in [1.807, 2.05) is 13.8 Å². The van der Waals surface area contributed by atoms with Crippen molar-refractivity contribution in [2.24, 2.45) is 0 Å². The van der Waals surface area contributed by atoms with Gasteiger partial charge >= 0.3 is 5.97 Å². The predicted molar refractivity (Wildman–Crippen MR) is 79.0 cm³/mol. The monoisotopic (exact) mass is 294 g/mol. The zero-order chi connectivity index (χ0) is 15.8. The van der Waals surface area contributed by atoms with Crippen LogP contribution in [0.5, 0.6) is 0 Å². The summed E-state index contributed by atoms with van der Waals surface area (Å²) in [5.41, 5.74) is 0. The number of rotatable bonds is 9. The number of hydrogen-bond acceptors (Lipinski definition) is 4. The Balaban J connectivity index is 2.68. The van der Waals surface area contributed by atoms with Gasteiger partial charge in [-0.2, -0.15) is 0 Å². The molecule has 1 rings (SSSR count).